The SMILES string of the molecule is O=C(CCc1nc2ccccc2[nH]1)N1CCC(c2nc(-c3ccc(Cl)c(Cl)c3)cs2)CC1. The Balaban J connectivity index is 1.15. The van der Waals surface area contributed by atoms with Gasteiger partial charge in [0.2, 0.25) is 5.91 Å². The number of benzene rings is 2. The lowest BCUT2D eigenvalue weighted by atomic mass is 9.97. The van der Waals surface area contributed by atoms with Gasteiger partial charge in [0.15, 0.2) is 0 Å². The van der Waals surface area contributed by atoms with Gasteiger partial charge in [-0.2, -0.15) is 0 Å². The van der Waals surface area contributed by atoms with E-state index in [0.29, 0.717) is 28.8 Å². The summed E-state index contributed by atoms with van der Waals surface area (Å²) in [5.74, 6) is 1.45. The quantitative estimate of drug-likeness (QED) is 0.359. The topological polar surface area (TPSA) is 61.9 Å². The second-order valence-electron chi connectivity index (χ2n) is 8.06. The number of nitrogens with zero attached hydrogens (tertiary/aromatic N) is 3. The number of H-pyrrole nitrogens is 1. The number of carbonyl (C=O) groups is 1. The third-order valence-electron chi connectivity index (χ3n) is 5.95. The molecular weight excluding hydrogens is 463 g/mol. The predicted molar refractivity (Wildman–Crippen MR) is 131 cm³/mol. The van der Waals surface area contributed by atoms with Crippen LogP contribution in [0.2, 0.25) is 10.0 Å². The van der Waals surface area contributed by atoms with E-state index in [1.54, 1.807) is 17.4 Å². The molecule has 164 valence electrons. The minimum absolute atomic E-state index is 0.194. The van der Waals surface area contributed by atoms with Gasteiger partial charge >= 0.3 is 0 Å². The van der Waals surface area contributed by atoms with Crippen LogP contribution in [-0.2, 0) is 11.2 Å². The van der Waals surface area contributed by atoms with Gasteiger partial charge in [-0.3, -0.25) is 4.79 Å². The molecule has 0 radical (unpaired) electrons. The van der Waals surface area contributed by atoms with Gasteiger partial charge in [-0.05, 0) is 37.1 Å². The highest BCUT2D eigenvalue weighted by molar-refractivity contribution is 7.10. The highest BCUT2D eigenvalue weighted by Gasteiger charge is 2.26. The van der Waals surface area contributed by atoms with Crippen molar-refractivity contribution >= 4 is 51.5 Å². The molecule has 1 aliphatic heterocycles. The van der Waals surface area contributed by atoms with E-state index < -0.39 is 0 Å². The average molecular weight is 485 g/mol. The second-order valence-corrected chi connectivity index (χ2v) is 9.76. The number of aromatic nitrogens is 3. The van der Waals surface area contributed by atoms with E-state index in [9.17, 15) is 4.79 Å². The number of aryl methyl sites for hydroxylation is 1. The number of hydrogen-bond donors (Lipinski definition) is 1. The summed E-state index contributed by atoms with van der Waals surface area (Å²) in [6, 6.07) is 13.5. The van der Waals surface area contributed by atoms with Gasteiger partial charge in [0.1, 0.15) is 5.82 Å². The molecule has 1 N–H and O–H groups in total. The number of fused-ring (bicyclic) bond motifs is 1. The van der Waals surface area contributed by atoms with E-state index in [1.165, 1.54) is 0 Å². The van der Waals surface area contributed by atoms with E-state index in [4.69, 9.17) is 28.2 Å². The number of halogens is 2. The van der Waals surface area contributed by atoms with E-state index in [2.05, 4.69) is 15.3 Å². The molecule has 1 saturated heterocycles. The summed E-state index contributed by atoms with van der Waals surface area (Å²) in [6.45, 7) is 1.54. The van der Waals surface area contributed by atoms with Gasteiger partial charge in [0.05, 0.1) is 31.8 Å². The minimum atomic E-state index is 0.194. The minimum Gasteiger partial charge on any atom is -0.343 e. The Kier molecular flexibility index (Phi) is 6.17. The van der Waals surface area contributed by atoms with Gasteiger partial charge in [-0.1, -0.05) is 41.4 Å². The second kappa shape index (κ2) is 9.22. The molecule has 0 spiro atoms. The first-order valence-corrected chi connectivity index (χ1v) is 12.3. The van der Waals surface area contributed by atoms with Crippen molar-refractivity contribution < 1.29 is 4.79 Å². The number of amides is 1. The molecule has 4 aromatic rings. The number of carbonyl (C=O) groups excluding carboxylic acids is 1. The molecule has 5 rings (SSSR count). The summed E-state index contributed by atoms with van der Waals surface area (Å²) < 4.78 is 0. The fourth-order valence-electron chi connectivity index (χ4n) is 4.15. The summed E-state index contributed by atoms with van der Waals surface area (Å²) >= 11 is 13.9. The molecule has 5 nitrogen and oxygen atoms in total. The van der Waals surface area contributed by atoms with Gasteiger partial charge in [-0.15, -0.1) is 11.3 Å². The van der Waals surface area contributed by atoms with Crippen LogP contribution in [0.4, 0.5) is 0 Å². The maximum absolute atomic E-state index is 12.7. The van der Waals surface area contributed by atoms with Crippen molar-refractivity contribution in [1.82, 2.24) is 19.9 Å². The number of imidazole rings is 1. The van der Waals surface area contributed by atoms with Crippen molar-refractivity contribution in [2.45, 2.75) is 31.6 Å². The lowest BCUT2D eigenvalue weighted by Crippen LogP contribution is -2.38. The number of piperidine rings is 1. The lowest BCUT2D eigenvalue weighted by molar-refractivity contribution is -0.132. The third-order valence-corrected chi connectivity index (χ3v) is 7.69. The Morgan fingerprint density at radius 1 is 1.09 bits per heavy atom. The fraction of sp³-hybridized carbons (Fsp3) is 0.292. The Morgan fingerprint density at radius 3 is 2.69 bits per heavy atom. The van der Waals surface area contributed by atoms with Crippen LogP contribution in [0.1, 0.15) is 36.0 Å². The summed E-state index contributed by atoms with van der Waals surface area (Å²) in [5.41, 5.74) is 3.85. The zero-order chi connectivity index (χ0) is 22.1. The van der Waals surface area contributed by atoms with E-state index in [0.717, 1.165) is 59.1 Å². The summed E-state index contributed by atoms with van der Waals surface area (Å²) in [7, 11) is 0. The number of nitrogens with one attached hydrogen (secondary N) is 1. The molecule has 1 fully saturated rings. The molecule has 2 aromatic carbocycles. The van der Waals surface area contributed by atoms with Crippen molar-refractivity contribution in [1.29, 1.82) is 0 Å². The van der Waals surface area contributed by atoms with Crippen LogP contribution in [0.3, 0.4) is 0 Å². The normalized spacial score (nSPS) is 14.9. The van der Waals surface area contributed by atoms with Crippen LogP contribution in [0, 0.1) is 0 Å². The zero-order valence-electron chi connectivity index (χ0n) is 17.4. The Hall–Kier alpha value is -2.41. The lowest BCUT2D eigenvalue weighted by Gasteiger charge is -2.31. The van der Waals surface area contributed by atoms with Crippen LogP contribution in [0.15, 0.2) is 47.8 Å². The van der Waals surface area contributed by atoms with Crippen molar-refractivity contribution in [2.24, 2.45) is 0 Å². The monoisotopic (exact) mass is 484 g/mol. The molecule has 1 aliphatic rings. The predicted octanol–water partition coefficient (Wildman–Crippen LogP) is 6.33. The maximum atomic E-state index is 12.7. The zero-order valence-corrected chi connectivity index (χ0v) is 19.7. The van der Waals surface area contributed by atoms with Crippen LogP contribution in [0.5, 0.6) is 0 Å². The summed E-state index contributed by atoms with van der Waals surface area (Å²) in [5, 5.41) is 4.27. The molecule has 0 atom stereocenters. The highest BCUT2D eigenvalue weighted by atomic mass is 35.5. The number of aromatic amines is 1. The molecule has 2 aromatic heterocycles. The van der Waals surface area contributed by atoms with Crippen LogP contribution in [-0.4, -0.2) is 38.8 Å². The number of likely N-dealkylation sites (tertiary alicyclic amines) is 1. The van der Waals surface area contributed by atoms with Crippen molar-refractivity contribution in [2.75, 3.05) is 13.1 Å². The van der Waals surface area contributed by atoms with Gasteiger partial charge in [0, 0.05) is 42.8 Å². The van der Waals surface area contributed by atoms with Crippen molar-refractivity contribution in [3.05, 3.63) is 68.7 Å². The molecule has 32 heavy (non-hydrogen) atoms. The molecule has 3 heterocycles. The summed E-state index contributed by atoms with van der Waals surface area (Å²) in [6.07, 6.45) is 2.98. The van der Waals surface area contributed by atoms with E-state index in [1.807, 2.05) is 41.3 Å². The number of para-hydroxylation sites is 2. The van der Waals surface area contributed by atoms with Crippen molar-refractivity contribution in [3.63, 3.8) is 0 Å². The van der Waals surface area contributed by atoms with E-state index in [-0.39, 0.29) is 5.91 Å². The average Bonchev–Trinajstić information content (AvgIpc) is 3.46. The maximum Gasteiger partial charge on any atom is 0.223 e. The molecular formula is C24H22Cl2N4OS. The van der Waals surface area contributed by atoms with Gasteiger partial charge in [-0.25, -0.2) is 9.97 Å². The molecule has 0 unspecified atom stereocenters. The largest absolute Gasteiger partial charge is 0.343 e. The first kappa shape index (κ1) is 21.4. The van der Waals surface area contributed by atoms with Crippen LogP contribution in [0.25, 0.3) is 22.3 Å². The van der Waals surface area contributed by atoms with Gasteiger partial charge in [0.25, 0.3) is 0 Å². The molecule has 0 bridgehead atoms. The smallest absolute Gasteiger partial charge is 0.223 e. The Bertz CT molecular complexity index is 1230. The van der Waals surface area contributed by atoms with Crippen molar-refractivity contribution in [3.8, 4) is 11.3 Å². The van der Waals surface area contributed by atoms with Crippen LogP contribution < -0.4 is 0 Å². The molecule has 8 heteroatoms. The standard InChI is InChI=1S/C24H22Cl2N4OS/c25-17-6-5-16(13-18(17)26)21-14-32-24(29-21)15-9-11-30(12-10-15)23(31)8-7-22-27-19-3-1-2-4-20(19)28-22/h1-6,13-15H,7-12H2,(H,27,28). The molecule has 0 aliphatic carbocycles. The number of rotatable bonds is 5. The first-order valence-electron chi connectivity index (χ1n) is 10.7. The molecule has 0 saturated carbocycles. The Labute approximate surface area is 200 Å². The van der Waals surface area contributed by atoms with Gasteiger partial charge < -0.3 is 9.88 Å². The highest BCUT2D eigenvalue weighted by Crippen LogP contribution is 2.34. The summed E-state index contributed by atoms with van der Waals surface area (Å²) in [4.78, 5) is 27.4. The fourth-order valence-corrected chi connectivity index (χ4v) is 5.44. The van der Waals surface area contributed by atoms with Crippen LogP contribution >= 0.6 is 34.5 Å². The number of hydrogen-bond acceptors (Lipinski definition) is 4. The first-order chi connectivity index (χ1) is 15.6. The third kappa shape index (κ3) is 4.53. The molecule has 1 amide bonds. The van der Waals surface area contributed by atoms with E-state index >= 15 is 0 Å². The Morgan fingerprint density at radius 2 is 1.91 bits per heavy atom. The number of thiazole rings is 1.